The van der Waals surface area contributed by atoms with E-state index in [1.807, 2.05) is 31.2 Å². The zero-order valence-electron chi connectivity index (χ0n) is 13.5. The van der Waals surface area contributed by atoms with Crippen LogP contribution in [0.5, 0.6) is 0 Å². The fraction of sp³-hybridized carbons (Fsp3) is 0.278. The van der Waals surface area contributed by atoms with Crippen LogP contribution in [0.25, 0.3) is 11.0 Å². The Morgan fingerprint density at radius 1 is 1.32 bits per heavy atom. The number of carboxylic acids is 1. The molecule has 2 unspecified atom stereocenters. The number of nitrogens with one attached hydrogen (secondary N) is 2. The molecule has 0 aliphatic heterocycles. The highest BCUT2D eigenvalue weighted by Crippen LogP contribution is 2.47. The van der Waals surface area contributed by atoms with Crippen LogP contribution >= 0.6 is 11.3 Å². The third-order valence-electron chi connectivity index (χ3n) is 4.51. The molecule has 25 heavy (non-hydrogen) atoms. The molecule has 3 N–H and O–H groups in total. The first-order valence-corrected chi connectivity index (χ1v) is 8.92. The molecule has 2 aromatic heterocycles. The number of carbonyl (C=O) groups excluding carboxylic acids is 1. The molecule has 1 aliphatic carbocycles. The number of aromatic carboxylic acids is 1. The second-order valence-electron chi connectivity index (χ2n) is 6.33. The minimum absolute atomic E-state index is 0.0109. The number of rotatable bonds is 5. The molecule has 0 radical (unpaired) electrons. The van der Waals surface area contributed by atoms with Crippen LogP contribution < -0.4 is 5.32 Å². The number of aromatic nitrogens is 2. The van der Waals surface area contributed by atoms with Gasteiger partial charge < -0.3 is 15.4 Å². The molecular formula is C18H17N3O3S. The average Bonchev–Trinajstić information content (AvgIpc) is 3.05. The Labute approximate surface area is 147 Å². The summed E-state index contributed by atoms with van der Waals surface area (Å²) in [7, 11) is 0. The minimum atomic E-state index is -0.943. The summed E-state index contributed by atoms with van der Waals surface area (Å²) < 4.78 is 0. The van der Waals surface area contributed by atoms with Crippen molar-refractivity contribution in [3.05, 3.63) is 52.0 Å². The van der Waals surface area contributed by atoms with E-state index >= 15 is 0 Å². The molecule has 2 heterocycles. The predicted molar refractivity (Wildman–Crippen MR) is 94.8 cm³/mol. The number of benzene rings is 1. The van der Waals surface area contributed by atoms with Crippen LogP contribution in [0.4, 0.5) is 0 Å². The molecular weight excluding hydrogens is 338 g/mol. The van der Waals surface area contributed by atoms with Gasteiger partial charge in [0.2, 0.25) is 5.91 Å². The molecule has 4 rings (SSSR count). The molecule has 128 valence electrons. The topological polar surface area (TPSA) is 95.1 Å². The number of imidazole rings is 1. The zero-order chi connectivity index (χ0) is 17.6. The van der Waals surface area contributed by atoms with Crippen LogP contribution in [0.1, 0.15) is 45.7 Å². The normalized spacial score (nSPS) is 20.4. The standard InChI is InChI=1S/C18H17N3O3S/c1-9(14-6-7-15(25-14)18(23)24)19-17(22)11-8-10(11)16-20-12-4-2-3-5-13(12)21-16/h2-7,9-11H,8H2,1H3,(H,19,22)(H,20,21)(H,23,24)/t9-,10?,11?/m1/s1. The van der Waals surface area contributed by atoms with Crippen LogP contribution in [0.15, 0.2) is 36.4 Å². The summed E-state index contributed by atoms with van der Waals surface area (Å²) in [5, 5.41) is 12.0. The number of thiophene rings is 1. The summed E-state index contributed by atoms with van der Waals surface area (Å²) in [5.74, 6) is -0.0529. The van der Waals surface area contributed by atoms with Gasteiger partial charge in [-0.1, -0.05) is 12.1 Å². The maximum absolute atomic E-state index is 12.5. The lowest BCUT2D eigenvalue weighted by atomic mass is 10.2. The van der Waals surface area contributed by atoms with E-state index in [2.05, 4.69) is 15.3 Å². The molecule has 1 saturated carbocycles. The van der Waals surface area contributed by atoms with E-state index in [1.54, 1.807) is 12.1 Å². The summed E-state index contributed by atoms with van der Waals surface area (Å²) in [6, 6.07) is 10.9. The SMILES string of the molecule is C[C@@H](NC(=O)C1CC1c1nc2ccccc2[nH]1)c1ccc(C(=O)O)s1. The molecule has 0 saturated heterocycles. The van der Waals surface area contributed by atoms with Crippen molar-refractivity contribution in [3.8, 4) is 0 Å². The predicted octanol–water partition coefficient (Wildman–Crippen LogP) is 3.30. The molecule has 0 bridgehead atoms. The highest BCUT2D eigenvalue weighted by atomic mass is 32.1. The minimum Gasteiger partial charge on any atom is -0.477 e. The Morgan fingerprint density at radius 3 is 2.84 bits per heavy atom. The van der Waals surface area contributed by atoms with Crippen molar-refractivity contribution in [2.24, 2.45) is 5.92 Å². The van der Waals surface area contributed by atoms with Gasteiger partial charge in [0.1, 0.15) is 10.7 Å². The van der Waals surface area contributed by atoms with E-state index in [4.69, 9.17) is 5.11 Å². The van der Waals surface area contributed by atoms with Crippen LogP contribution in [-0.2, 0) is 4.79 Å². The number of H-pyrrole nitrogens is 1. The Balaban J connectivity index is 1.41. The fourth-order valence-electron chi connectivity index (χ4n) is 3.03. The highest BCUT2D eigenvalue weighted by Gasteiger charge is 2.46. The van der Waals surface area contributed by atoms with Crippen molar-refractivity contribution in [3.63, 3.8) is 0 Å². The van der Waals surface area contributed by atoms with Crippen molar-refractivity contribution < 1.29 is 14.7 Å². The zero-order valence-corrected chi connectivity index (χ0v) is 14.3. The van der Waals surface area contributed by atoms with Gasteiger partial charge in [-0.3, -0.25) is 4.79 Å². The number of carboxylic acid groups (broad SMARTS) is 1. The van der Waals surface area contributed by atoms with Crippen LogP contribution in [0, 0.1) is 5.92 Å². The van der Waals surface area contributed by atoms with E-state index in [0.717, 1.165) is 28.2 Å². The molecule has 1 fully saturated rings. The Morgan fingerprint density at radius 2 is 2.12 bits per heavy atom. The lowest BCUT2D eigenvalue weighted by Gasteiger charge is -2.11. The largest absolute Gasteiger partial charge is 0.477 e. The number of nitrogens with zero attached hydrogens (tertiary/aromatic N) is 1. The van der Waals surface area contributed by atoms with E-state index in [-0.39, 0.29) is 28.7 Å². The number of aromatic amines is 1. The van der Waals surface area contributed by atoms with E-state index in [9.17, 15) is 9.59 Å². The van der Waals surface area contributed by atoms with Gasteiger partial charge in [-0.15, -0.1) is 11.3 Å². The van der Waals surface area contributed by atoms with Crippen molar-refractivity contribution in [1.29, 1.82) is 0 Å². The van der Waals surface area contributed by atoms with Gasteiger partial charge in [-0.2, -0.15) is 0 Å². The number of fused-ring (bicyclic) bond motifs is 1. The monoisotopic (exact) mass is 355 g/mol. The molecule has 0 spiro atoms. The van der Waals surface area contributed by atoms with Gasteiger partial charge in [0, 0.05) is 16.7 Å². The van der Waals surface area contributed by atoms with Gasteiger partial charge >= 0.3 is 5.97 Å². The van der Waals surface area contributed by atoms with Crippen LogP contribution in [0.3, 0.4) is 0 Å². The van der Waals surface area contributed by atoms with Gasteiger partial charge in [0.25, 0.3) is 0 Å². The molecule has 3 aromatic rings. The van der Waals surface area contributed by atoms with Crippen molar-refractivity contribution in [2.75, 3.05) is 0 Å². The van der Waals surface area contributed by atoms with Crippen molar-refractivity contribution in [1.82, 2.24) is 15.3 Å². The van der Waals surface area contributed by atoms with Gasteiger partial charge in [0.05, 0.1) is 17.1 Å². The Bertz CT molecular complexity index is 928. The summed E-state index contributed by atoms with van der Waals surface area (Å²) in [5.41, 5.74) is 1.90. The van der Waals surface area contributed by atoms with E-state index in [1.165, 1.54) is 11.3 Å². The second-order valence-corrected chi connectivity index (χ2v) is 7.44. The quantitative estimate of drug-likeness (QED) is 0.654. The Hall–Kier alpha value is -2.67. The molecule has 1 aromatic carbocycles. The molecule has 6 nitrogen and oxygen atoms in total. The van der Waals surface area contributed by atoms with Crippen LogP contribution in [0.2, 0.25) is 0 Å². The fourth-order valence-corrected chi connectivity index (χ4v) is 3.88. The first-order valence-electron chi connectivity index (χ1n) is 8.11. The number of hydrogen-bond donors (Lipinski definition) is 3. The molecule has 7 heteroatoms. The smallest absolute Gasteiger partial charge is 0.345 e. The van der Waals surface area contributed by atoms with Gasteiger partial charge in [-0.05, 0) is 37.6 Å². The lowest BCUT2D eigenvalue weighted by Crippen LogP contribution is -2.28. The summed E-state index contributed by atoms with van der Waals surface area (Å²) in [6.07, 6.45) is 0.781. The third kappa shape index (κ3) is 3.02. The maximum Gasteiger partial charge on any atom is 0.345 e. The summed E-state index contributed by atoms with van der Waals surface area (Å²) >= 11 is 1.19. The number of amides is 1. The van der Waals surface area contributed by atoms with Gasteiger partial charge in [-0.25, -0.2) is 9.78 Å². The maximum atomic E-state index is 12.5. The van der Waals surface area contributed by atoms with Gasteiger partial charge in [0.15, 0.2) is 0 Å². The van der Waals surface area contributed by atoms with E-state index < -0.39 is 5.97 Å². The first kappa shape index (κ1) is 15.8. The second kappa shape index (κ2) is 6.00. The van der Waals surface area contributed by atoms with Crippen molar-refractivity contribution in [2.45, 2.75) is 25.3 Å². The number of para-hydroxylation sites is 2. The highest BCUT2D eigenvalue weighted by molar-refractivity contribution is 7.14. The lowest BCUT2D eigenvalue weighted by molar-refractivity contribution is -0.123. The molecule has 3 atom stereocenters. The molecule has 1 aliphatic rings. The van der Waals surface area contributed by atoms with Crippen LogP contribution in [-0.4, -0.2) is 27.0 Å². The number of carbonyl (C=O) groups is 2. The third-order valence-corrected chi connectivity index (χ3v) is 5.77. The Kier molecular flexibility index (Phi) is 3.80. The van der Waals surface area contributed by atoms with E-state index in [0.29, 0.717) is 0 Å². The average molecular weight is 355 g/mol. The summed E-state index contributed by atoms with van der Waals surface area (Å²) in [4.78, 5) is 32.4. The number of hydrogen-bond acceptors (Lipinski definition) is 4. The molecule has 1 amide bonds. The van der Waals surface area contributed by atoms with Crippen molar-refractivity contribution >= 4 is 34.2 Å². The first-order chi connectivity index (χ1) is 12.0. The summed E-state index contributed by atoms with van der Waals surface area (Å²) in [6.45, 7) is 1.87.